The minimum atomic E-state index is -0.846. The summed E-state index contributed by atoms with van der Waals surface area (Å²) in [5, 5.41) is 30.7. The molecule has 6 nitrogen and oxygen atoms in total. The van der Waals surface area contributed by atoms with Gasteiger partial charge in [0.15, 0.2) is 0 Å². The summed E-state index contributed by atoms with van der Waals surface area (Å²) in [4.78, 5) is 10.8. The molecule has 1 aliphatic heterocycles. The zero-order valence-electron chi connectivity index (χ0n) is 11.2. The zero-order valence-corrected chi connectivity index (χ0v) is 11.2. The first kappa shape index (κ1) is 16.1. The Bertz CT molecular complexity index is 322. The molecule has 1 rings (SSSR count). The van der Waals surface area contributed by atoms with Crippen molar-refractivity contribution in [3.8, 4) is 0 Å². The van der Waals surface area contributed by atoms with Gasteiger partial charge in [0, 0.05) is 24.7 Å². The smallest absolute Gasteiger partial charge is 0.304 e. The molecule has 0 spiro atoms. The van der Waals surface area contributed by atoms with Crippen LogP contribution in [0.15, 0.2) is 12.2 Å². The second-order valence-corrected chi connectivity index (χ2v) is 5.07. The molecule has 19 heavy (non-hydrogen) atoms. The summed E-state index contributed by atoms with van der Waals surface area (Å²) in [6, 6.07) is -0.815. The number of aliphatic hydroxyl groups is 2. The van der Waals surface area contributed by atoms with Crippen LogP contribution in [0.3, 0.4) is 0 Å². The largest absolute Gasteiger partial charge is 0.481 e. The van der Waals surface area contributed by atoms with Crippen molar-refractivity contribution in [1.29, 1.82) is 0 Å². The van der Waals surface area contributed by atoms with Gasteiger partial charge in [0.05, 0.1) is 12.5 Å². The highest BCUT2D eigenvalue weighted by atomic mass is 16.4. The van der Waals surface area contributed by atoms with E-state index in [1.807, 2.05) is 19.1 Å². The van der Waals surface area contributed by atoms with Gasteiger partial charge in [0.25, 0.3) is 0 Å². The third-order valence-electron chi connectivity index (χ3n) is 3.59. The van der Waals surface area contributed by atoms with Gasteiger partial charge in [-0.15, -0.1) is 0 Å². The van der Waals surface area contributed by atoms with Gasteiger partial charge in [-0.2, -0.15) is 0 Å². The molecule has 1 heterocycles. The van der Waals surface area contributed by atoms with E-state index >= 15 is 0 Å². The molecule has 1 fully saturated rings. The third-order valence-corrected chi connectivity index (χ3v) is 3.59. The predicted octanol–water partition coefficient (Wildman–Crippen LogP) is -0.545. The number of carbonyl (C=O) groups is 1. The van der Waals surface area contributed by atoms with Crippen molar-refractivity contribution in [3.63, 3.8) is 0 Å². The van der Waals surface area contributed by atoms with E-state index in [9.17, 15) is 9.90 Å². The SMILES string of the molecule is C/C=C\C1CC(CC(=O)O)NC1C(N)C(O)CCO. The second kappa shape index (κ2) is 7.59. The summed E-state index contributed by atoms with van der Waals surface area (Å²) in [7, 11) is 0. The molecular weight excluding hydrogens is 248 g/mol. The molecule has 110 valence electrons. The highest BCUT2D eigenvalue weighted by molar-refractivity contribution is 5.67. The Morgan fingerprint density at radius 3 is 2.79 bits per heavy atom. The monoisotopic (exact) mass is 272 g/mol. The Balaban J connectivity index is 2.69. The molecule has 1 aliphatic rings. The molecule has 5 unspecified atom stereocenters. The van der Waals surface area contributed by atoms with Crippen LogP contribution in [0.2, 0.25) is 0 Å². The standard InChI is InChI=1S/C13H24N2O4/c1-2-3-8-6-9(7-11(18)19)15-13(8)12(14)10(17)4-5-16/h2-3,8-10,12-13,15-17H,4-7,14H2,1H3,(H,18,19)/b3-2-. The van der Waals surface area contributed by atoms with Crippen molar-refractivity contribution in [1.82, 2.24) is 5.32 Å². The van der Waals surface area contributed by atoms with Gasteiger partial charge >= 0.3 is 5.97 Å². The molecule has 0 aromatic carbocycles. The number of aliphatic hydroxyl groups excluding tert-OH is 2. The Morgan fingerprint density at radius 2 is 2.26 bits per heavy atom. The number of carboxylic acids is 1. The predicted molar refractivity (Wildman–Crippen MR) is 71.6 cm³/mol. The van der Waals surface area contributed by atoms with Crippen molar-refractivity contribution in [3.05, 3.63) is 12.2 Å². The molecule has 0 amide bonds. The fourth-order valence-corrected chi connectivity index (χ4v) is 2.70. The lowest BCUT2D eigenvalue weighted by Crippen LogP contribution is -2.52. The molecule has 1 saturated heterocycles. The van der Waals surface area contributed by atoms with Crippen LogP contribution in [0.5, 0.6) is 0 Å². The number of allylic oxidation sites excluding steroid dienone is 1. The lowest BCUT2D eigenvalue weighted by molar-refractivity contribution is -0.137. The molecule has 0 aliphatic carbocycles. The van der Waals surface area contributed by atoms with Crippen molar-refractivity contribution in [2.24, 2.45) is 11.7 Å². The first-order chi connectivity index (χ1) is 8.99. The van der Waals surface area contributed by atoms with E-state index < -0.39 is 18.1 Å². The van der Waals surface area contributed by atoms with E-state index in [4.69, 9.17) is 15.9 Å². The zero-order chi connectivity index (χ0) is 14.4. The van der Waals surface area contributed by atoms with Crippen LogP contribution < -0.4 is 11.1 Å². The molecule has 0 aromatic heterocycles. The van der Waals surface area contributed by atoms with Crippen molar-refractivity contribution < 1.29 is 20.1 Å². The number of nitrogens with one attached hydrogen (secondary N) is 1. The lowest BCUT2D eigenvalue weighted by Gasteiger charge is -2.28. The third kappa shape index (κ3) is 4.58. The van der Waals surface area contributed by atoms with Crippen molar-refractivity contribution in [2.45, 2.75) is 50.4 Å². The molecular formula is C13H24N2O4. The van der Waals surface area contributed by atoms with E-state index in [0.29, 0.717) is 6.42 Å². The maximum atomic E-state index is 10.8. The number of hydrogen-bond donors (Lipinski definition) is 5. The summed E-state index contributed by atoms with van der Waals surface area (Å²) < 4.78 is 0. The van der Waals surface area contributed by atoms with Crippen LogP contribution >= 0.6 is 0 Å². The number of nitrogens with two attached hydrogens (primary N) is 1. The van der Waals surface area contributed by atoms with Gasteiger partial charge in [-0.1, -0.05) is 12.2 Å². The summed E-state index contributed by atoms with van der Waals surface area (Å²) in [6.07, 6.45) is 4.08. The molecule has 0 saturated carbocycles. The van der Waals surface area contributed by atoms with Crippen LogP contribution in [-0.2, 0) is 4.79 Å². The van der Waals surface area contributed by atoms with Gasteiger partial charge in [-0.25, -0.2) is 0 Å². The highest BCUT2D eigenvalue weighted by Gasteiger charge is 2.38. The Morgan fingerprint density at radius 1 is 1.58 bits per heavy atom. The Kier molecular flexibility index (Phi) is 6.44. The van der Waals surface area contributed by atoms with E-state index in [0.717, 1.165) is 0 Å². The Labute approximate surface area is 113 Å². The summed E-state index contributed by atoms with van der Waals surface area (Å²) in [5.74, 6) is -0.737. The van der Waals surface area contributed by atoms with Crippen molar-refractivity contribution in [2.75, 3.05) is 6.61 Å². The molecule has 0 bridgehead atoms. The topological polar surface area (TPSA) is 116 Å². The van der Waals surface area contributed by atoms with Crippen LogP contribution in [0, 0.1) is 5.92 Å². The minimum Gasteiger partial charge on any atom is -0.481 e. The molecule has 6 N–H and O–H groups in total. The van der Waals surface area contributed by atoms with Crippen LogP contribution in [0.1, 0.15) is 26.2 Å². The van der Waals surface area contributed by atoms with Crippen LogP contribution in [-0.4, -0.2) is 52.1 Å². The summed E-state index contributed by atoms with van der Waals surface area (Å²) in [6.45, 7) is 1.78. The van der Waals surface area contributed by atoms with Gasteiger partial charge in [0.1, 0.15) is 0 Å². The molecule has 5 atom stereocenters. The van der Waals surface area contributed by atoms with E-state index in [1.165, 1.54) is 0 Å². The first-order valence-electron chi connectivity index (χ1n) is 6.64. The molecule has 0 aromatic rings. The normalized spacial score (nSPS) is 30.6. The van der Waals surface area contributed by atoms with Gasteiger partial charge < -0.3 is 26.4 Å². The highest BCUT2D eigenvalue weighted by Crippen LogP contribution is 2.26. The van der Waals surface area contributed by atoms with E-state index in [-0.39, 0.29) is 37.5 Å². The molecule has 0 radical (unpaired) electrons. The minimum absolute atomic E-state index is 0.0490. The number of rotatable bonds is 7. The molecule has 6 heteroatoms. The van der Waals surface area contributed by atoms with Crippen molar-refractivity contribution >= 4 is 5.97 Å². The number of carboxylic acid groups (broad SMARTS) is 1. The average molecular weight is 272 g/mol. The summed E-state index contributed by atoms with van der Waals surface area (Å²) >= 11 is 0. The number of aliphatic carboxylic acids is 1. The maximum Gasteiger partial charge on any atom is 0.304 e. The fraction of sp³-hybridized carbons (Fsp3) is 0.769. The lowest BCUT2D eigenvalue weighted by atomic mass is 9.90. The first-order valence-corrected chi connectivity index (χ1v) is 6.64. The van der Waals surface area contributed by atoms with E-state index in [1.54, 1.807) is 0 Å². The number of hydrogen-bond acceptors (Lipinski definition) is 5. The average Bonchev–Trinajstić information content (AvgIpc) is 2.71. The van der Waals surface area contributed by atoms with Gasteiger partial charge in [-0.3, -0.25) is 4.79 Å². The summed E-state index contributed by atoms with van der Waals surface area (Å²) in [5.41, 5.74) is 6.02. The van der Waals surface area contributed by atoms with Crippen LogP contribution in [0.4, 0.5) is 0 Å². The van der Waals surface area contributed by atoms with Crippen LogP contribution in [0.25, 0.3) is 0 Å². The Hall–Kier alpha value is -0.950. The van der Waals surface area contributed by atoms with Gasteiger partial charge in [0.2, 0.25) is 0 Å². The fourth-order valence-electron chi connectivity index (χ4n) is 2.70. The second-order valence-electron chi connectivity index (χ2n) is 5.07. The van der Waals surface area contributed by atoms with Gasteiger partial charge in [-0.05, 0) is 25.7 Å². The van der Waals surface area contributed by atoms with E-state index in [2.05, 4.69) is 5.32 Å². The maximum absolute atomic E-state index is 10.8. The quantitative estimate of drug-likeness (QED) is 0.397.